The normalized spacial score (nSPS) is 11.4. The molecule has 2 aromatic rings. The van der Waals surface area contributed by atoms with Gasteiger partial charge in [-0.3, -0.25) is 0 Å². The molecule has 2 rings (SSSR count). The number of benzene rings is 2. The van der Waals surface area contributed by atoms with Crippen LogP contribution in [-0.4, -0.2) is 46.4 Å². The summed E-state index contributed by atoms with van der Waals surface area (Å²) in [4.78, 5) is 0. The topological polar surface area (TPSA) is 86.7 Å². The van der Waals surface area contributed by atoms with Gasteiger partial charge in [0.15, 0.2) is 0 Å². The Morgan fingerprint density at radius 2 is 1.04 bits per heavy atom. The second-order valence-electron chi connectivity index (χ2n) is 3.90. The Morgan fingerprint density at radius 3 is 1.35 bits per heavy atom. The monoisotopic (exact) mass is 374 g/mol. The molecule has 6 nitrogen and oxygen atoms in total. The van der Waals surface area contributed by atoms with Crippen LogP contribution in [0.3, 0.4) is 0 Å². The Balaban J connectivity index is 0.00000264. The third-order valence-corrected chi connectivity index (χ3v) is 5.44. The molecule has 0 spiro atoms. The van der Waals surface area contributed by atoms with E-state index < -0.39 is 41.4 Å². The predicted octanol–water partition coefficient (Wildman–Crippen LogP) is 1.35. The van der Waals surface area contributed by atoms with E-state index in [9.17, 15) is 25.6 Å². The molecule has 0 aromatic heterocycles. The summed E-state index contributed by atoms with van der Waals surface area (Å²) in [6.45, 7) is 0. The molecule has 0 aliphatic heterocycles. The fraction of sp³-hybridized carbons (Fsp3) is 0. The molecule has 0 saturated heterocycles. The fourth-order valence-electron chi connectivity index (χ4n) is 1.36. The first-order valence-corrected chi connectivity index (χ1v) is 8.93. The SMILES string of the molecule is O=S(=O)(Oc1cccc(F)c1)S(=O)(=O)Oc1cccc(F)c1.[NaH]. The number of hydrogen-bond donors (Lipinski definition) is 0. The van der Waals surface area contributed by atoms with E-state index >= 15 is 0 Å². The Bertz CT molecular complexity index is 824. The molecular formula is C12H9F2NaO6S2. The zero-order chi connectivity index (χ0) is 16.4. The van der Waals surface area contributed by atoms with E-state index in [2.05, 4.69) is 8.37 Å². The summed E-state index contributed by atoms with van der Waals surface area (Å²) in [5.41, 5.74) is 0. The zero-order valence-corrected chi connectivity index (χ0v) is 12.3. The summed E-state index contributed by atoms with van der Waals surface area (Å²) < 4.78 is 81.1. The van der Waals surface area contributed by atoms with Gasteiger partial charge in [0.05, 0.1) is 0 Å². The Labute approximate surface area is 153 Å². The van der Waals surface area contributed by atoms with Crippen LogP contribution in [0, 0.1) is 11.6 Å². The molecule has 0 radical (unpaired) electrons. The Kier molecular flexibility index (Phi) is 6.54. The first kappa shape index (κ1) is 19.8. The van der Waals surface area contributed by atoms with Gasteiger partial charge in [-0.15, -0.1) is 0 Å². The number of hydrogen-bond acceptors (Lipinski definition) is 6. The Hall–Kier alpha value is -1.20. The van der Waals surface area contributed by atoms with Gasteiger partial charge in [0.2, 0.25) is 0 Å². The van der Waals surface area contributed by atoms with Crippen molar-refractivity contribution in [3.63, 3.8) is 0 Å². The number of halogens is 2. The molecule has 0 saturated carbocycles. The van der Waals surface area contributed by atoms with Crippen LogP contribution in [0.4, 0.5) is 8.78 Å². The molecule has 120 valence electrons. The summed E-state index contributed by atoms with van der Waals surface area (Å²) in [5.74, 6) is -2.75. The second kappa shape index (κ2) is 7.58. The van der Waals surface area contributed by atoms with E-state index in [0.29, 0.717) is 12.1 Å². The summed E-state index contributed by atoms with van der Waals surface area (Å²) >= 11 is 0. The molecule has 0 N–H and O–H groups in total. The van der Waals surface area contributed by atoms with Crippen LogP contribution in [0.1, 0.15) is 0 Å². The van der Waals surface area contributed by atoms with E-state index in [1.54, 1.807) is 0 Å². The van der Waals surface area contributed by atoms with Gasteiger partial charge in [-0.05, 0) is 24.3 Å². The van der Waals surface area contributed by atoms with Gasteiger partial charge in [-0.2, -0.15) is 16.8 Å². The third kappa shape index (κ3) is 5.15. The molecule has 2 aromatic carbocycles. The fourth-order valence-corrected chi connectivity index (χ4v) is 3.17. The zero-order valence-electron chi connectivity index (χ0n) is 10.6. The van der Waals surface area contributed by atoms with Gasteiger partial charge in [0, 0.05) is 12.1 Å². The average molecular weight is 374 g/mol. The first-order valence-electron chi connectivity index (χ1n) is 5.60. The van der Waals surface area contributed by atoms with Crippen molar-refractivity contribution in [2.45, 2.75) is 0 Å². The van der Waals surface area contributed by atoms with Crippen LogP contribution in [-0.2, 0) is 18.3 Å². The van der Waals surface area contributed by atoms with Crippen LogP contribution in [0.5, 0.6) is 11.5 Å². The van der Waals surface area contributed by atoms with Gasteiger partial charge in [-0.25, -0.2) is 8.78 Å². The van der Waals surface area contributed by atoms with Crippen LogP contribution >= 0.6 is 0 Å². The standard InChI is InChI=1S/C12H8F2O6S2.Na.H/c13-9-3-1-5-11(7-9)19-21(15,16)22(17,18)20-12-6-2-4-10(14)8-12;;/h1-8H;;. The van der Waals surface area contributed by atoms with Crippen molar-refractivity contribution >= 4 is 47.9 Å². The maximum atomic E-state index is 12.9. The van der Waals surface area contributed by atoms with Crippen LogP contribution in [0.2, 0.25) is 0 Å². The van der Waals surface area contributed by atoms with Crippen molar-refractivity contribution in [2.75, 3.05) is 0 Å². The van der Waals surface area contributed by atoms with Crippen LogP contribution in [0.15, 0.2) is 48.5 Å². The molecule has 0 atom stereocenters. The van der Waals surface area contributed by atoms with Gasteiger partial charge < -0.3 is 8.37 Å². The van der Waals surface area contributed by atoms with Crippen molar-refractivity contribution in [2.24, 2.45) is 0 Å². The molecule has 0 aliphatic rings. The minimum absolute atomic E-state index is 0. The summed E-state index contributed by atoms with van der Waals surface area (Å²) in [5, 5.41) is 0. The van der Waals surface area contributed by atoms with Gasteiger partial charge in [-0.1, -0.05) is 12.1 Å². The van der Waals surface area contributed by atoms with Crippen molar-refractivity contribution in [1.29, 1.82) is 0 Å². The molecule has 0 bridgehead atoms. The van der Waals surface area contributed by atoms with E-state index in [-0.39, 0.29) is 29.6 Å². The van der Waals surface area contributed by atoms with E-state index in [4.69, 9.17) is 0 Å². The van der Waals surface area contributed by atoms with E-state index in [0.717, 1.165) is 36.4 Å². The quantitative estimate of drug-likeness (QED) is 0.580. The molecular weight excluding hydrogens is 365 g/mol. The maximum absolute atomic E-state index is 12.9. The molecule has 0 fully saturated rings. The van der Waals surface area contributed by atoms with Crippen molar-refractivity contribution in [1.82, 2.24) is 0 Å². The minimum atomic E-state index is -5.28. The molecule has 11 heteroatoms. The van der Waals surface area contributed by atoms with Crippen LogP contribution in [0.25, 0.3) is 0 Å². The van der Waals surface area contributed by atoms with Gasteiger partial charge in [0.1, 0.15) is 23.1 Å². The van der Waals surface area contributed by atoms with E-state index in [1.807, 2.05) is 0 Å². The molecule has 0 amide bonds. The third-order valence-electron chi connectivity index (χ3n) is 2.24. The van der Waals surface area contributed by atoms with Gasteiger partial charge in [0.25, 0.3) is 0 Å². The molecule has 0 unspecified atom stereocenters. The Morgan fingerprint density at radius 1 is 0.696 bits per heavy atom. The van der Waals surface area contributed by atoms with Crippen LogP contribution < -0.4 is 8.37 Å². The molecule has 23 heavy (non-hydrogen) atoms. The first-order chi connectivity index (χ1) is 10.2. The summed E-state index contributed by atoms with van der Waals surface area (Å²) in [7, 11) is -10.6. The molecule has 0 aliphatic carbocycles. The van der Waals surface area contributed by atoms with E-state index in [1.165, 1.54) is 0 Å². The average Bonchev–Trinajstić information content (AvgIpc) is 2.37. The summed E-state index contributed by atoms with van der Waals surface area (Å²) in [6.07, 6.45) is 0. The van der Waals surface area contributed by atoms with Gasteiger partial charge >= 0.3 is 47.9 Å². The van der Waals surface area contributed by atoms with Crippen molar-refractivity contribution < 1.29 is 34.0 Å². The van der Waals surface area contributed by atoms with Crippen molar-refractivity contribution in [3.8, 4) is 11.5 Å². The summed E-state index contributed by atoms with van der Waals surface area (Å²) in [6, 6.07) is 7.70. The predicted molar refractivity (Wildman–Crippen MR) is 79.0 cm³/mol. The van der Waals surface area contributed by atoms with Crippen molar-refractivity contribution in [3.05, 3.63) is 60.2 Å². The second-order valence-corrected chi connectivity index (χ2v) is 8.31. The number of rotatable bonds is 5. The molecule has 0 heterocycles.